The molecular formula is C20H17F6NO2Si. The molecule has 0 aliphatic carbocycles. The molecule has 10 heteroatoms. The summed E-state index contributed by atoms with van der Waals surface area (Å²) >= 11 is 0. The summed E-state index contributed by atoms with van der Waals surface area (Å²) in [6.45, 7) is 5.96. The van der Waals surface area contributed by atoms with Crippen molar-refractivity contribution in [2.45, 2.75) is 32.0 Å². The smallest absolute Gasteiger partial charge is 0.416 e. The summed E-state index contributed by atoms with van der Waals surface area (Å²) < 4.78 is 77.8. The molecule has 0 spiro atoms. The molecule has 2 aromatic rings. The molecule has 2 aromatic carbocycles. The highest BCUT2D eigenvalue weighted by atomic mass is 28.3. The molecule has 0 saturated carbocycles. The van der Waals surface area contributed by atoms with Crippen molar-refractivity contribution in [2.24, 2.45) is 0 Å². The quantitative estimate of drug-likeness (QED) is 0.343. The van der Waals surface area contributed by atoms with E-state index in [1.54, 1.807) is 0 Å². The Kier molecular flexibility index (Phi) is 6.28. The number of phenolic OH excluding ortho intramolecular Hbond substituents is 1. The first kappa shape index (κ1) is 23.3. The van der Waals surface area contributed by atoms with Crippen molar-refractivity contribution >= 4 is 19.7 Å². The lowest BCUT2D eigenvalue weighted by Crippen LogP contribution is -2.17. The number of anilines is 1. The molecule has 3 nitrogen and oxygen atoms in total. The van der Waals surface area contributed by atoms with Crippen molar-refractivity contribution in [1.82, 2.24) is 0 Å². The van der Waals surface area contributed by atoms with Gasteiger partial charge >= 0.3 is 12.4 Å². The Labute approximate surface area is 169 Å². The Hall–Kier alpha value is -2.93. The number of carbonyl (C=O) groups excluding carboxylic acids is 1. The number of amides is 1. The highest BCUT2D eigenvalue weighted by Crippen LogP contribution is 2.37. The summed E-state index contributed by atoms with van der Waals surface area (Å²) in [7, 11) is -1.74. The van der Waals surface area contributed by atoms with Crippen LogP contribution in [-0.2, 0) is 12.4 Å². The summed E-state index contributed by atoms with van der Waals surface area (Å²) in [4.78, 5) is 12.4. The zero-order valence-corrected chi connectivity index (χ0v) is 17.1. The van der Waals surface area contributed by atoms with Crippen LogP contribution in [0.1, 0.15) is 27.0 Å². The fourth-order valence-corrected chi connectivity index (χ4v) is 2.80. The minimum absolute atomic E-state index is 0.0419. The van der Waals surface area contributed by atoms with Gasteiger partial charge in [0.05, 0.1) is 16.7 Å². The fraction of sp³-hybridized carbons (Fsp3) is 0.250. The van der Waals surface area contributed by atoms with E-state index >= 15 is 0 Å². The summed E-state index contributed by atoms with van der Waals surface area (Å²) in [5, 5.41) is 11.9. The number of hydrogen-bond acceptors (Lipinski definition) is 2. The van der Waals surface area contributed by atoms with Gasteiger partial charge in [-0.3, -0.25) is 4.79 Å². The highest BCUT2D eigenvalue weighted by molar-refractivity contribution is 6.83. The van der Waals surface area contributed by atoms with Gasteiger partial charge in [0.2, 0.25) is 0 Å². The van der Waals surface area contributed by atoms with E-state index in [1.165, 1.54) is 18.2 Å². The largest absolute Gasteiger partial charge is 0.507 e. The number of hydrogen-bond donors (Lipinski definition) is 2. The van der Waals surface area contributed by atoms with Crippen LogP contribution in [0, 0.1) is 11.5 Å². The minimum atomic E-state index is -5.05. The molecule has 0 bridgehead atoms. The van der Waals surface area contributed by atoms with Gasteiger partial charge in [-0.25, -0.2) is 0 Å². The molecule has 0 aliphatic heterocycles. The van der Waals surface area contributed by atoms with Crippen LogP contribution in [0.25, 0.3) is 0 Å². The average molecular weight is 445 g/mol. The van der Waals surface area contributed by atoms with E-state index < -0.39 is 48.9 Å². The van der Waals surface area contributed by atoms with Crippen molar-refractivity contribution in [1.29, 1.82) is 0 Å². The first-order valence-electron chi connectivity index (χ1n) is 8.53. The third-order valence-corrected chi connectivity index (χ3v) is 4.54. The number of benzene rings is 2. The molecule has 0 fully saturated rings. The van der Waals surface area contributed by atoms with Crippen molar-refractivity contribution in [3.05, 3.63) is 58.7 Å². The molecule has 30 heavy (non-hydrogen) atoms. The van der Waals surface area contributed by atoms with Gasteiger partial charge < -0.3 is 10.4 Å². The summed E-state index contributed by atoms with van der Waals surface area (Å²) in [6, 6.07) is 4.58. The predicted octanol–water partition coefficient (Wildman–Crippen LogP) is 5.91. The maximum atomic E-state index is 13.0. The third kappa shape index (κ3) is 6.28. The fourth-order valence-electron chi connectivity index (χ4n) is 2.28. The topological polar surface area (TPSA) is 49.3 Å². The maximum Gasteiger partial charge on any atom is 0.416 e. The van der Waals surface area contributed by atoms with Gasteiger partial charge in [-0.15, -0.1) is 5.54 Å². The van der Waals surface area contributed by atoms with E-state index in [1.807, 2.05) is 25.0 Å². The molecule has 0 aromatic heterocycles. The molecule has 2 N–H and O–H groups in total. The summed E-state index contributed by atoms with van der Waals surface area (Å²) in [6.07, 6.45) is -10.1. The molecule has 0 heterocycles. The molecule has 1 amide bonds. The molecule has 0 unspecified atom stereocenters. The number of aromatic hydroxyl groups is 1. The van der Waals surface area contributed by atoms with Crippen molar-refractivity contribution in [3.63, 3.8) is 0 Å². The summed E-state index contributed by atoms with van der Waals surface area (Å²) in [5.41, 5.74) is -0.743. The molecule has 0 saturated heterocycles. The van der Waals surface area contributed by atoms with E-state index in [9.17, 15) is 36.2 Å². The van der Waals surface area contributed by atoms with Gasteiger partial charge in [-0.1, -0.05) is 25.6 Å². The Morgan fingerprint density at radius 2 is 1.47 bits per heavy atom. The van der Waals surface area contributed by atoms with Gasteiger partial charge in [0.1, 0.15) is 13.8 Å². The molecule has 0 atom stereocenters. The van der Waals surface area contributed by atoms with Crippen LogP contribution in [0.4, 0.5) is 32.0 Å². The van der Waals surface area contributed by atoms with E-state index in [-0.39, 0.29) is 11.6 Å². The van der Waals surface area contributed by atoms with Crippen molar-refractivity contribution in [3.8, 4) is 17.2 Å². The first-order chi connectivity index (χ1) is 13.6. The molecule has 2 rings (SSSR count). The van der Waals surface area contributed by atoms with Crippen LogP contribution >= 0.6 is 0 Å². The number of rotatable bonds is 2. The Bertz CT molecular complexity index is 995. The van der Waals surface area contributed by atoms with Crippen LogP contribution < -0.4 is 5.32 Å². The lowest BCUT2D eigenvalue weighted by Gasteiger charge is -2.15. The third-order valence-electron chi connectivity index (χ3n) is 3.67. The van der Waals surface area contributed by atoms with Gasteiger partial charge in [0, 0.05) is 11.3 Å². The number of halogens is 6. The normalized spacial score (nSPS) is 12.2. The zero-order valence-electron chi connectivity index (χ0n) is 16.1. The van der Waals surface area contributed by atoms with E-state index in [2.05, 4.69) is 11.5 Å². The maximum absolute atomic E-state index is 13.0. The number of alkyl halides is 6. The second kappa shape index (κ2) is 8.06. The van der Waals surface area contributed by atoms with Crippen LogP contribution in [-0.4, -0.2) is 19.1 Å². The summed E-state index contributed by atoms with van der Waals surface area (Å²) in [5.74, 6) is 1.29. The molecular weight excluding hydrogens is 428 g/mol. The number of phenols is 1. The van der Waals surface area contributed by atoms with Gasteiger partial charge in [0.15, 0.2) is 0 Å². The highest BCUT2D eigenvalue weighted by Gasteiger charge is 2.37. The molecule has 0 aliphatic rings. The molecule has 0 radical (unpaired) electrons. The monoisotopic (exact) mass is 445 g/mol. The van der Waals surface area contributed by atoms with Crippen LogP contribution in [0.3, 0.4) is 0 Å². The Morgan fingerprint density at radius 1 is 0.933 bits per heavy atom. The van der Waals surface area contributed by atoms with Gasteiger partial charge in [0.25, 0.3) is 5.91 Å². The SMILES string of the molecule is C[Si](C)(C)C#Cc1ccc(O)c(C(=O)Nc2cc(C(F)(F)F)cc(C(F)(F)F)c2)c1. The van der Waals surface area contributed by atoms with Gasteiger partial charge in [-0.2, -0.15) is 26.3 Å². The second-order valence-corrected chi connectivity index (χ2v) is 12.2. The minimum Gasteiger partial charge on any atom is -0.507 e. The Balaban J connectivity index is 2.43. The van der Waals surface area contributed by atoms with Crippen LogP contribution in [0.5, 0.6) is 5.75 Å². The number of carbonyl (C=O) groups is 1. The lowest BCUT2D eigenvalue weighted by molar-refractivity contribution is -0.143. The average Bonchev–Trinajstić information content (AvgIpc) is 2.58. The number of nitrogens with one attached hydrogen (secondary N) is 1. The Morgan fingerprint density at radius 3 is 1.93 bits per heavy atom. The van der Waals surface area contributed by atoms with Crippen molar-refractivity contribution < 1.29 is 36.2 Å². The standard InChI is InChI=1S/C20H17F6NO2Si/c1-30(2,3)7-6-12-4-5-17(28)16(8-12)18(29)27-15-10-13(19(21,22)23)9-14(11-15)20(24,25)26/h4-5,8-11,28H,1-3H3,(H,27,29). The van der Waals surface area contributed by atoms with Crippen LogP contribution in [0.2, 0.25) is 19.6 Å². The van der Waals surface area contributed by atoms with E-state index in [0.717, 1.165) is 0 Å². The predicted molar refractivity (Wildman–Crippen MR) is 103 cm³/mol. The zero-order chi connectivity index (χ0) is 22.9. The molecule has 160 valence electrons. The van der Waals surface area contributed by atoms with E-state index in [4.69, 9.17) is 0 Å². The van der Waals surface area contributed by atoms with E-state index in [0.29, 0.717) is 17.7 Å². The van der Waals surface area contributed by atoms with Crippen LogP contribution in [0.15, 0.2) is 36.4 Å². The lowest BCUT2D eigenvalue weighted by atomic mass is 10.1. The van der Waals surface area contributed by atoms with Gasteiger partial charge in [-0.05, 0) is 36.4 Å². The van der Waals surface area contributed by atoms with Crippen molar-refractivity contribution in [2.75, 3.05) is 5.32 Å². The first-order valence-corrected chi connectivity index (χ1v) is 12.0. The second-order valence-electron chi connectivity index (χ2n) is 7.48.